The molecule has 49 heavy (non-hydrogen) atoms. The number of nitrogens with one attached hydrogen (secondary N) is 5. The number of carboxylic acids is 3. The van der Waals surface area contributed by atoms with Crippen molar-refractivity contribution in [2.75, 3.05) is 53.4 Å². The lowest BCUT2D eigenvalue weighted by atomic mass is 10.1. The van der Waals surface area contributed by atoms with Crippen molar-refractivity contribution in [2.45, 2.75) is 49.9 Å². The topological polar surface area (TPSA) is 327 Å². The van der Waals surface area contributed by atoms with Crippen molar-refractivity contribution < 1.29 is 44.0 Å². The van der Waals surface area contributed by atoms with Crippen LogP contribution in [0, 0.1) is 0 Å². The Morgan fingerprint density at radius 3 is 2.10 bits per heavy atom. The van der Waals surface area contributed by atoms with Crippen LogP contribution in [0.4, 0.5) is 23.1 Å². The highest BCUT2D eigenvalue weighted by atomic mass is 33.1. The van der Waals surface area contributed by atoms with E-state index < -0.39 is 47.9 Å². The van der Waals surface area contributed by atoms with Gasteiger partial charge in [-0.2, -0.15) is 4.98 Å². The van der Waals surface area contributed by atoms with E-state index in [1.54, 1.807) is 24.3 Å². The van der Waals surface area contributed by atoms with Gasteiger partial charge in [0.25, 0.3) is 11.5 Å². The van der Waals surface area contributed by atoms with E-state index in [9.17, 15) is 33.9 Å². The molecule has 19 nitrogen and oxygen atoms in total. The van der Waals surface area contributed by atoms with Gasteiger partial charge in [0.1, 0.15) is 23.8 Å². The first kappa shape index (κ1) is 40.4. The molecule has 21 heteroatoms. The van der Waals surface area contributed by atoms with Crippen molar-refractivity contribution in [3.63, 3.8) is 0 Å². The van der Waals surface area contributed by atoms with E-state index in [-0.39, 0.29) is 36.0 Å². The van der Waals surface area contributed by atoms with Gasteiger partial charge in [0.05, 0.1) is 13.2 Å². The summed E-state index contributed by atoms with van der Waals surface area (Å²) in [5.74, 6) is -2.68. The third-order valence-electron chi connectivity index (χ3n) is 6.71. The molecule has 2 heterocycles. The van der Waals surface area contributed by atoms with Gasteiger partial charge in [-0.05, 0) is 43.5 Å². The molecular formula is C28H41N9O10S2. The highest BCUT2D eigenvalue weighted by Gasteiger charge is 2.23. The predicted octanol–water partition coefficient (Wildman–Crippen LogP) is -0.222. The molecule has 3 rings (SSSR count). The summed E-state index contributed by atoms with van der Waals surface area (Å²) >= 11 is 0. The van der Waals surface area contributed by atoms with Crippen LogP contribution in [0.2, 0.25) is 0 Å². The number of hydrogen-bond acceptors (Lipinski definition) is 16. The van der Waals surface area contributed by atoms with Crippen LogP contribution >= 0.6 is 21.6 Å². The van der Waals surface area contributed by atoms with Gasteiger partial charge >= 0.3 is 23.9 Å². The zero-order valence-corrected chi connectivity index (χ0v) is 28.1. The molecule has 1 aromatic carbocycles. The molecule has 4 unspecified atom stereocenters. The van der Waals surface area contributed by atoms with Crippen molar-refractivity contribution in [1.29, 1.82) is 0 Å². The Labute approximate surface area is 288 Å². The quantitative estimate of drug-likeness (QED) is 0.0537. The maximum absolute atomic E-state index is 12.4. The Morgan fingerprint density at radius 2 is 1.57 bits per heavy atom. The fourth-order valence-electron chi connectivity index (χ4n) is 3.91. The highest BCUT2D eigenvalue weighted by molar-refractivity contribution is 8.76. The number of ether oxygens (including phenoxy) is 1. The first-order valence-corrected chi connectivity index (χ1v) is 17.3. The van der Waals surface area contributed by atoms with Crippen LogP contribution in [0.15, 0.2) is 29.1 Å². The number of nitrogens with zero attached hydrogens (tertiary/aromatic N) is 1. The fraction of sp³-hybridized carbons (Fsp3) is 0.464. The standard InChI is InChI=1S/C20H25N7O6.C8H16N2O4S2/c1-33-14(28)7-6-13(19(31)32)25-17(29)10-2-4-11(5-3-10)22-8-12-9-23-16-15(24-12)18(30)27-20(21)26-16;9-5(7(11)12)1-3-15-16-4-2-6(10)8(13)14/h2-5,12-13,22,24H,6-9H2,1H3,(H,25,29)(H,31,32)(H4,21,23,26,27,30);5-6H,1-4,9-10H2,(H,11,12)(H,13,14). The number of carbonyl (C=O) groups is 5. The van der Waals surface area contributed by atoms with Gasteiger partial charge in [-0.25, -0.2) is 4.79 Å². The summed E-state index contributed by atoms with van der Waals surface area (Å²) in [6.45, 7) is 0.981. The van der Waals surface area contributed by atoms with Gasteiger partial charge < -0.3 is 58.5 Å². The number of hydrogen-bond donors (Lipinski definition) is 11. The maximum atomic E-state index is 12.4. The molecule has 1 aliphatic heterocycles. The lowest BCUT2D eigenvalue weighted by Gasteiger charge is -2.27. The normalized spacial score (nSPS) is 15.0. The minimum absolute atomic E-state index is 0.0342. The highest BCUT2D eigenvalue weighted by Crippen LogP contribution is 2.23. The minimum Gasteiger partial charge on any atom is -0.480 e. The molecule has 0 fully saturated rings. The number of aliphatic carboxylic acids is 3. The smallest absolute Gasteiger partial charge is 0.326 e. The van der Waals surface area contributed by atoms with Crippen molar-refractivity contribution in [1.82, 2.24) is 15.3 Å². The number of methoxy groups -OCH3 is 1. The van der Waals surface area contributed by atoms with Crippen LogP contribution in [-0.4, -0.2) is 111 Å². The second-order valence-electron chi connectivity index (χ2n) is 10.4. The molecule has 0 spiro atoms. The maximum Gasteiger partial charge on any atom is 0.326 e. The van der Waals surface area contributed by atoms with Gasteiger partial charge in [0, 0.05) is 42.3 Å². The summed E-state index contributed by atoms with van der Waals surface area (Å²) in [6, 6.07) is 3.49. The average molecular weight is 728 g/mol. The van der Waals surface area contributed by atoms with Crippen LogP contribution < -0.4 is 44.0 Å². The molecule has 1 aliphatic rings. The largest absolute Gasteiger partial charge is 0.480 e. The number of benzene rings is 1. The van der Waals surface area contributed by atoms with Crippen molar-refractivity contribution >= 4 is 74.5 Å². The predicted molar refractivity (Wildman–Crippen MR) is 186 cm³/mol. The Hall–Kier alpha value is -4.73. The molecule has 0 bridgehead atoms. The second kappa shape index (κ2) is 20.6. The van der Waals surface area contributed by atoms with E-state index in [0.717, 1.165) is 5.69 Å². The van der Waals surface area contributed by atoms with Crippen LogP contribution in [0.1, 0.15) is 36.0 Å². The Morgan fingerprint density at radius 1 is 0.980 bits per heavy atom. The van der Waals surface area contributed by atoms with E-state index in [1.165, 1.54) is 28.7 Å². The van der Waals surface area contributed by atoms with Crippen LogP contribution in [0.3, 0.4) is 0 Å². The van der Waals surface area contributed by atoms with Crippen LogP contribution in [0.5, 0.6) is 0 Å². The first-order valence-electron chi connectivity index (χ1n) is 14.8. The van der Waals surface area contributed by atoms with Crippen molar-refractivity contribution in [3.8, 4) is 0 Å². The molecule has 2 aromatic rings. The lowest BCUT2D eigenvalue weighted by molar-refractivity contribution is -0.142. The summed E-state index contributed by atoms with van der Waals surface area (Å²) in [7, 11) is 4.16. The molecular weight excluding hydrogens is 686 g/mol. The Bertz CT molecular complexity index is 1470. The zero-order chi connectivity index (χ0) is 36.5. The molecule has 4 atom stereocenters. The molecule has 270 valence electrons. The Kier molecular flexibility index (Phi) is 17.0. The third-order valence-corrected chi connectivity index (χ3v) is 9.18. The number of aromatic amines is 1. The number of nitrogens with two attached hydrogens (primary N) is 3. The van der Waals surface area contributed by atoms with E-state index in [2.05, 4.69) is 36.0 Å². The monoisotopic (exact) mass is 727 g/mol. The summed E-state index contributed by atoms with van der Waals surface area (Å²) in [5.41, 5.74) is 17.1. The molecule has 14 N–H and O–H groups in total. The summed E-state index contributed by atoms with van der Waals surface area (Å²) in [5, 5.41) is 38.0. The van der Waals surface area contributed by atoms with Crippen molar-refractivity contribution in [3.05, 3.63) is 40.2 Å². The number of fused-ring (bicyclic) bond motifs is 1. The van der Waals surface area contributed by atoms with Gasteiger partial charge in [0.15, 0.2) is 5.82 Å². The number of rotatable bonds is 18. The Balaban J connectivity index is 0.000000440. The number of nitrogen functional groups attached to an aromatic ring is 1. The number of amides is 1. The zero-order valence-electron chi connectivity index (χ0n) is 26.5. The molecule has 1 aromatic heterocycles. The number of esters is 1. The lowest BCUT2D eigenvalue weighted by Crippen LogP contribution is -2.41. The van der Waals surface area contributed by atoms with Gasteiger partial charge in [0.2, 0.25) is 5.95 Å². The number of carboxylic acid groups (broad SMARTS) is 3. The second-order valence-corrected chi connectivity index (χ2v) is 13.1. The van der Waals surface area contributed by atoms with Crippen LogP contribution in [0.25, 0.3) is 0 Å². The number of anilines is 4. The SMILES string of the molecule is COC(=O)CCC(NC(=O)c1ccc(NCC2CNc3nc(N)[nH]c(=O)c3N2)cc1)C(=O)O.NC(CCSSCCC(N)C(=O)O)C(=O)O. The first-order chi connectivity index (χ1) is 23.2. The average Bonchev–Trinajstić information content (AvgIpc) is 3.06. The number of carbonyl (C=O) groups excluding carboxylic acids is 2. The van der Waals surface area contributed by atoms with Gasteiger partial charge in [-0.15, -0.1) is 0 Å². The van der Waals surface area contributed by atoms with Crippen molar-refractivity contribution in [2.24, 2.45) is 11.5 Å². The summed E-state index contributed by atoms with van der Waals surface area (Å²) in [6.07, 6.45) is 0.598. The van der Waals surface area contributed by atoms with E-state index in [4.69, 9.17) is 27.4 Å². The fourth-order valence-corrected chi connectivity index (χ4v) is 6.13. The van der Waals surface area contributed by atoms with Gasteiger partial charge in [-0.1, -0.05) is 21.6 Å². The molecule has 0 saturated carbocycles. The molecule has 0 saturated heterocycles. The minimum atomic E-state index is -1.24. The van der Waals surface area contributed by atoms with E-state index >= 15 is 0 Å². The number of H-pyrrole nitrogens is 1. The number of aromatic nitrogens is 2. The molecule has 1 amide bonds. The van der Waals surface area contributed by atoms with E-state index in [0.29, 0.717) is 48.9 Å². The van der Waals surface area contributed by atoms with Crippen LogP contribution in [-0.2, 0) is 23.9 Å². The van der Waals surface area contributed by atoms with E-state index in [1.807, 2.05) is 0 Å². The summed E-state index contributed by atoms with van der Waals surface area (Å²) < 4.78 is 4.49. The third kappa shape index (κ3) is 14.5. The summed E-state index contributed by atoms with van der Waals surface area (Å²) in [4.78, 5) is 74.2. The van der Waals surface area contributed by atoms with Gasteiger partial charge in [-0.3, -0.25) is 29.0 Å². The molecule has 0 radical (unpaired) electrons. The molecule has 0 aliphatic carbocycles.